The monoisotopic (exact) mass is 254 g/mol. The molecule has 2 nitrogen and oxygen atoms in total. The highest BCUT2D eigenvalue weighted by Gasteiger charge is 2.33. The summed E-state index contributed by atoms with van der Waals surface area (Å²) < 4.78 is 0. The minimum Gasteiger partial charge on any atom is -0.313 e. The van der Waals surface area contributed by atoms with Gasteiger partial charge in [0.25, 0.3) is 0 Å². The molecule has 2 heteroatoms. The lowest BCUT2D eigenvalue weighted by molar-refractivity contribution is 0.0745. The van der Waals surface area contributed by atoms with Gasteiger partial charge in [-0.15, -0.1) is 0 Å². The van der Waals surface area contributed by atoms with Gasteiger partial charge in [0.2, 0.25) is 0 Å². The average Bonchev–Trinajstić information content (AvgIpc) is 3.18. The maximum atomic E-state index is 3.75. The molecule has 0 aromatic rings. The Morgan fingerprint density at radius 3 is 2.00 bits per heavy atom. The first-order valence-corrected chi connectivity index (χ1v) is 7.83. The second kappa shape index (κ2) is 6.38. The molecule has 0 aliphatic heterocycles. The van der Waals surface area contributed by atoms with Crippen LogP contribution < -0.4 is 5.32 Å². The highest BCUT2D eigenvalue weighted by molar-refractivity contribution is 4.90. The Bertz CT molecular complexity index is 239. The first-order chi connectivity index (χ1) is 8.39. The van der Waals surface area contributed by atoms with Gasteiger partial charge in [-0.25, -0.2) is 0 Å². The summed E-state index contributed by atoms with van der Waals surface area (Å²) in [5.41, 5.74) is 0.763. The maximum Gasteiger partial charge on any atom is 0.0147 e. The van der Waals surface area contributed by atoms with E-state index >= 15 is 0 Å². The van der Waals surface area contributed by atoms with Crippen LogP contribution in [0.4, 0.5) is 0 Å². The van der Waals surface area contributed by atoms with Gasteiger partial charge in [0.15, 0.2) is 0 Å². The Hall–Kier alpha value is -0.0800. The summed E-state index contributed by atoms with van der Waals surface area (Å²) in [6.45, 7) is 14.1. The first-order valence-electron chi connectivity index (χ1n) is 7.83. The van der Waals surface area contributed by atoms with E-state index in [1.165, 1.54) is 45.2 Å². The quantitative estimate of drug-likeness (QED) is 0.675. The van der Waals surface area contributed by atoms with Crippen LogP contribution in [0.15, 0.2) is 0 Å². The molecule has 0 aromatic carbocycles. The molecule has 1 fully saturated rings. The molecule has 1 N–H and O–H groups in total. The molecule has 0 heterocycles. The maximum absolute atomic E-state index is 3.75. The number of nitrogens with one attached hydrogen (secondary N) is 1. The molecule has 0 atom stereocenters. The van der Waals surface area contributed by atoms with Crippen molar-refractivity contribution in [3.63, 3.8) is 0 Å². The van der Waals surface area contributed by atoms with Gasteiger partial charge in [-0.2, -0.15) is 0 Å². The lowest BCUT2D eigenvalue weighted by Crippen LogP contribution is -2.49. The Balaban J connectivity index is 2.58. The van der Waals surface area contributed by atoms with E-state index in [0.717, 1.165) is 6.04 Å². The molecule has 108 valence electrons. The van der Waals surface area contributed by atoms with Crippen molar-refractivity contribution < 1.29 is 0 Å². The predicted molar refractivity (Wildman–Crippen MR) is 81.0 cm³/mol. The van der Waals surface area contributed by atoms with Crippen LogP contribution in [0.2, 0.25) is 0 Å². The fourth-order valence-corrected chi connectivity index (χ4v) is 2.41. The highest BCUT2D eigenvalue weighted by Crippen LogP contribution is 2.31. The fraction of sp³-hybridized carbons (Fsp3) is 1.00. The summed E-state index contributed by atoms with van der Waals surface area (Å²) in [5, 5.41) is 3.75. The van der Waals surface area contributed by atoms with Crippen molar-refractivity contribution in [2.75, 3.05) is 20.1 Å². The molecule has 1 saturated carbocycles. The van der Waals surface area contributed by atoms with Gasteiger partial charge in [0.1, 0.15) is 0 Å². The van der Waals surface area contributed by atoms with E-state index in [1.807, 2.05) is 0 Å². The molecule has 0 amide bonds. The van der Waals surface area contributed by atoms with Gasteiger partial charge in [-0.3, -0.25) is 0 Å². The van der Waals surface area contributed by atoms with Crippen LogP contribution >= 0.6 is 0 Å². The van der Waals surface area contributed by atoms with E-state index in [4.69, 9.17) is 0 Å². The molecule has 1 aliphatic carbocycles. The van der Waals surface area contributed by atoms with Crippen molar-refractivity contribution in [3.8, 4) is 0 Å². The molecule has 1 aliphatic rings. The highest BCUT2D eigenvalue weighted by atomic mass is 15.2. The van der Waals surface area contributed by atoms with Crippen LogP contribution in [0.1, 0.15) is 66.7 Å². The van der Waals surface area contributed by atoms with Gasteiger partial charge in [0, 0.05) is 24.7 Å². The summed E-state index contributed by atoms with van der Waals surface area (Å²) in [7, 11) is 2.29. The van der Waals surface area contributed by atoms with Crippen LogP contribution in [-0.4, -0.2) is 36.6 Å². The van der Waals surface area contributed by atoms with E-state index in [1.54, 1.807) is 0 Å². The molecule has 1 rings (SSSR count). The van der Waals surface area contributed by atoms with Crippen molar-refractivity contribution in [2.24, 2.45) is 5.41 Å². The zero-order valence-corrected chi connectivity index (χ0v) is 13.5. The van der Waals surface area contributed by atoms with E-state index in [2.05, 4.69) is 51.9 Å². The second-order valence-corrected chi connectivity index (χ2v) is 6.88. The molecule has 0 aromatic heterocycles. The van der Waals surface area contributed by atoms with Gasteiger partial charge >= 0.3 is 0 Å². The third kappa shape index (κ3) is 4.24. The molecule has 0 unspecified atom stereocenters. The normalized spacial score (nSPS) is 17.5. The zero-order valence-electron chi connectivity index (χ0n) is 13.5. The zero-order chi connectivity index (χ0) is 13.8. The van der Waals surface area contributed by atoms with Gasteiger partial charge in [-0.05, 0) is 58.4 Å². The molecule has 0 saturated heterocycles. The standard InChI is InChI=1S/C16H34N2/c1-7-15(4,5)18(6)13-16(8-2,9-3)12-17-14-10-11-14/h14,17H,7-13H2,1-6H3. The summed E-state index contributed by atoms with van der Waals surface area (Å²) in [6, 6.07) is 0.826. The molecule has 0 bridgehead atoms. The van der Waals surface area contributed by atoms with Crippen molar-refractivity contribution in [1.82, 2.24) is 10.2 Å². The van der Waals surface area contributed by atoms with Crippen molar-refractivity contribution in [3.05, 3.63) is 0 Å². The van der Waals surface area contributed by atoms with Crippen LogP contribution in [-0.2, 0) is 0 Å². The molecule has 0 radical (unpaired) electrons. The van der Waals surface area contributed by atoms with Crippen LogP contribution in [0, 0.1) is 5.41 Å². The number of hydrogen-bond donors (Lipinski definition) is 1. The summed E-state index contributed by atoms with van der Waals surface area (Å²) in [5.74, 6) is 0. The topological polar surface area (TPSA) is 15.3 Å². The minimum atomic E-state index is 0.315. The average molecular weight is 254 g/mol. The lowest BCUT2D eigenvalue weighted by Gasteiger charge is -2.43. The third-order valence-corrected chi connectivity index (χ3v) is 5.31. The van der Waals surface area contributed by atoms with Crippen molar-refractivity contribution in [1.29, 1.82) is 0 Å². The van der Waals surface area contributed by atoms with Crippen LogP contribution in [0.25, 0.3) is 0 Å². The molecular weight excluding hydrogens is 220 g/mol. The van der Waals surface area contributed by atoms with Crippen molar-refractivity contribution >= 4 is 0 Å². The Kier molecular flexibility index (Phi) is 5.67. The Morgan fingerprint density at radius 1 is 1.06 bits per heavy atom. The Labute approximate surface area is 115 Å². The van der Waals surface area contributed by atoms with E-state index < -0.39 is 0 Å². The van der Waals surface area contributed by atoms with E-state index in [9.17, 15) is 0 Å². The van der Waals surface area contributed by atoms with E-state index in [-0.39, 0.29) is 0 Å². The Morgan fingerprint density at radius 2 is 1.61 bits per heavy atom. The SMILES string of the molecule is CCC(CC)(CNC1CC1)CN(C)C(C)(C)CC. The minimum absolute atomic E-state index is 0.315. The lowest BCUT2D eigenvalue weighted by atomic mass is 9.80. The molecule has 18 heavy (non-hydrogen) atoms. The summed E-state index contributed by atoms with van der Waals surface area (Å²) >= 11 is 0. The van der Waals surface area contributed by atoms with Crippen LogP contribution in [0.3, 0.4) is 0 Å². The predicted octanol–water partition coefficient (Wildman–Crippen LogP) is 3.67. The molecular formula is C16H34N2. The van der Waals surface area contributed by atoms with Gasteiger partial charge in [0.05, 0.1) is 0 Å². The summed E-state index contributed by atoms with van der Waals surface area (Å²) in [6.07, 6.45) is 6.53. The fourth-order valence-electron chi connectivity index (χ4n) is 2.41. The number of hydrogen-bond acceptors (Lipinski definition) is 2. The van der Waals surface area contributed by atoms with Crippen molar-refractivity contribution in [2.45, 2.75) is 78.3 Å². The number of nitrogens with zero attached hydrogens (tertiary/aromatic N) is 1. The largest absolute Gasteiger partial charge is 0.313 e. The molecule has 0 spiro atoms. The summed E-state index contributed by atoms with van der Waals surface area (Å²) in [4.78, 5) is 2.56. The number of rotatable bonds is 9. The second-order valence-electron chi connectivity index (χ2n) is 6.88. The van der Waals surface area contributed by atoms with Gasteiger partial charge in [-0.1, -0.05) is 20.8 Å². The van der Waals surface area contributed by atoms with Gasteiger partial charge < -0.3 is 10.2 Å². The smallest absolute Gasteiger partial charge is 0.0147 e. The van der Waals surface area contributed by atoms with E-state index in [0.29, 0.717) is 11.0 Å². The third-order valence-electron chi connectivity index (χ3n) is 5.31. The van der Waals surface area contributed by atoms with Crippen LogP contribution in [0.5, 0.6) is 0 Å². The first kappa shape index (κ1) is 16.0.